The average molecular weight is 486 g/mol. The summed E-state index contributed by atoms with van der Waals surface area (Å²) in [4.78, 5) is 2.17. The van der Waals surface area contributed by atoms with Gasteiger partial charge in [0.2, 0.25) is 0 Å². The second kappa shape index (κ2) is 7.12. The highest BCUT2D eigenvalue weighted by Gasteiger charge is 2.90. The number of aliphatic hydroxyl groups excluding tert-OH is 3. The number of ether oxygens (including phenoxy) is 4. The lowest BCUT2D eigenvalue weighted by Crippen LogP contribution is -2.80. The molecule has 7 bridgehead atoms. The molecule has 0 aromatic rings. The molecule has 1 unspecified atom stereocenters. The predicted octanol–water partition coefficient (Wildman–Crippen LogP) is -2.18. The van der Waals surface area contributed by atoms with Gasteiger partial charge in [0.15, 0.2) is 0 Å². The van der Waals surface area contributed by atoms with Crippen molar-refractivity contribution in [3.8, 4) is 0 Å². The standard InChI is InChI=1S/C24H39NO9/c1-25-8-21(9-31-2)11(26)6-12(32-3)23-10-7-22(29)18(27)13(10)24(30,19(28)20(22)34-5)14(17(23)25)15(33-4)16(21)23/h10-20,26-30H,6-9H2,1-5H3/t10-,11-,12+,13-,14+,15+,16-,17?,18-,19+,20+,21+,22-,23+,24-/m1/s1. The molecule has 5 aliphatic carbocycles. The van der Waals surface area contributed by atoms with E-state index in [0.717, 1.165) is 0 Å². The highest BCUT2D eigenvalue weighted by Crippen LogP contribution is 2.79. The highest BCUT2D eigenvalue weighted by atomic mass is 16.5. The Morgan fingerprint density at radius 2 is 1.65 bits per heavy atom. The molecule has 0 amide bonds. The zero-order valence-corrected chi connectivity index (χ0v) is 20.5. The lowest BCUT2D eigenvalue weighted by atomic mass is 9.42. The maximum absolute atomic E-state index is 12.5. The van der Waals surface area contributed by atoms with E-state index < -0.39 is 76.4 Å². The Morgan fingerprint density at radius 1 is 0.941 bits per heavy atom. The van der Waals surface area contributed by atoms with E-state index in [0.29, 0.717) is 19.6 Å². The van der Waals surface area contributed by atoms with E-state index in [1.807, 2.05) is 7.05 Å². The molecule has 1 spiro atoms. The summed E-state index contributed by atoms with van der Waals surface area (Å²) in [6, 6.07) is -0.254. The topological polar surface area (TPSA) is 141 Å². The quantitative estimate of drug-likeness (QED) is 0.292. The maximum atomic E-state index is 12.5. The lowest BCUT2D eigenvalue weighted by molar-refractivity contribution is -0.319. The molecule has 34 heavy (non-hydrogen) atoms. The second-order valence-corrected chi connectivity index (χ2v) is 12.0. The second-order valence-electron chi connectivity index (χ2n) is 12.0. The molecule has 10 nitrogen and oxygen atoms in total. The molecule has 1 heterocycles. The average Bonchev–Trinajstić information content (AvgIpc) is 3.17. The van der Waals surface area contributed by atoms with Crippen LogP contribution in [0.2, 0.25) is 0 Å². The van der Waals surface area contributed by atoms with Gasteiger partial charge in [0.25, 0.3) is 0 Å². The summed E-state index contributed by atoms with van der Waals surface area (Å²) in [5.74, 6) is -2.05. The summed E-state index contributed by atoms with van der Waals surface area (Å²) in [5.41, 5.74) is -4.81. The molecule has 1 saturated heterocycles. The summed E-state index contributed by atoms with van der Waals surface area (Å²) >= 11 is 0. The Kier molecular flexibility index (Phi) is 5.02. The van der Waals surface area contributed by atoms with Gasteiger partial charge in [0.1, 0.15) is 23.4 Å². The Labute approximate surface area is 199 Å². The van der Waals surface area contributed by atoms with Gasteiger partial charge in [-0.05, 0) is 19.4 Å². The summed E-state index contributed by atoms with van der Waals surface area (Å²) in [5, 5.41) is 58.9. The van der Waals surface area contributed by atoms with Crippen molar-refractivity contribution in [2.75, 3.05) is 48.6 Å². The van der Waals surface area contributed by atoms with Gasteiger partial charge in [-0.1, -0.05) is 0 Å². The van der Waals surface area contributed by atoms with Crippen molar-refractivity contribution in [3.05, 3.63) is 0 Å². The van der Waals surface area contributed by atoms with Crippen molar-refractivity contribution in [3.63, 3.8) is 0 Å². The van der Waals surface area contributed by atoms with Crippen LogP contribution in [0, 0.1) is 34.5 Å². The van der Waals surface area contributed by atoms with Gasteiger partial charge < -0.3 is 49.4 Å². The zero-order chi connectivity index (χ0) is 24.6. The minimum atomic E-state index is -1.76. The molecule has 0 aromatic carbocycles. The molecule has 5 N–H and O–H groups in total. The van der Waals surface area contributed by atoms with Crippen LogP contribution in [0.15, 0.2) is 0 Å². The van der Waals surface area contributed by atoms with Crippen molar-refractivity contribution in [1.82, 2.24) is 4.90 Å². The molecule has 5 saturated carbocycles. The minimum absolute atomic E-state index is 0.153. The first kappa shape index (κ1) is 24.0. The molecule has 6 rings (SSSR count). The highest BCUT2D eigenvalue weighted by molar-refractivity contribution is 5.39. The van der Waals surface area contributed by atoms with Gasteiger partial charge in [-0.3, -0.25) is 0 Å². The molecule has 10 heteroatoms. The van der Waals surface area contributed by atoms with E-state index in [2.05, 4.69) is 4.90 Å². The van der Waals surface area contributed by atoms with Crippen molar-refractivity contribution in [1.29, 1.82) is 0 Å². The van der Waals surface area contributed by atoms with Crippen LogP contribution in [0.25, 0.3) is 0 Å². The number of rotatable bonds is 5. The number of likely N-dealkylation sites (tertiary alicyclic amines) is 1. The molecule has 1 aliphatic heterocycles. The van der Waals surface area contributed by atoms with Crippen molar-refractivity contribution >= 4 is 0 Å². The largest absolute Gasteiger partial charge is 0.392 e. The van der Waals surface area contributed by atoms with E-state index in [4.69, 9.17) is 18.9 Å². The number of hydrogen-bond donors (Lipinski definition) is 5. The van der Waals surface area contributed by atoms with Gasteiger partial charge in [-0.15, -0.1) is 0 Å². The first-order valence-corrected chi connectivity index (χ1v) is 12.3. The van der Waals surface area contributed by atoms with Crippen LogP contribution in [0.4, 0.5) is 0 Å². The van der Waals surface area contributed by atoms with Crippen LogP contribution in [-0.2, 0) is 18.9 Å². The normalized spacial score (nSPS) is 63.9. The maximum Gasteiger partial charge on any atom is 0.120 e. The van der Waals surface area contributed by atoms with E-state index in [1.165, 1.54) is 7.11 Å². The SMILES string of the molecule is COC[C@]12CN(C)C3[C@@H]4[C@H](OC)[C@H]1[C@@]3([C@@H](OC)C[C@H]2O)[C@@H]1C[C@@]2(O)[C@H](O)[C@@H]1[C@]4(O)[C@@H](O)[C@@H]2OC. The third kappa shape index (κ3) is 2.14. The lowest BCUT2D eigenvalue weighted by Gasteiger charge is -2.69. The van der Waals surface area contributed by atoms with E-state index in [-0.39, 0.29) is 18.4 Å². The van der Waals surface area contributed by atoms with Gasteiger partial charge in [-0.25, -0.2) is 0 Å². The number of methoxy groups -OCH3 is 4. The molecule has 0 radical (unpaired) electrons. The molecule has 6 fully saturated rings. The third-order valence-electron chi connectivity index (χ3n) is 11.4. The summed E-state index contributed by atoms with van der Waals surface area (Å²) in [6.45, 7) is 0.836. The molecule has 6 aliphatic rings. The molecular weight excluding hydrogens is 446 g/mol. The summed E-state index contributed by atoms with van der Waals surface area (Å²) in [7, 11) is 8.24. The van der Waals surface area contributed by atoms with Crippen LogP contribution in [-0.4, -0.2) is 133 Å². The molecule has 15 atom stereocenters. The van der Waals surface area contributed by atoms with Gasteiger partial charge in [0.05, 0.1) is 31.0 Å². The fourth-order valence-electron chi connectivity index (χ4n) is 10.9. The smallest absolute Gasteiger partial charge is 0.120 e. The molecule has 194 valence electrons. The molecule has 0 aromatic heterocycles. The number of aliphatic hydroxyl groups is 5. The number of nitrogens with zero attached hydrogens (tertiary/aromatic N) is 1. The van der Waals surface area contributed by atoms with Crippen molar-refractivity contribution in [2.45, 2.75) is 66.7 Å². The van der Waals surface area contributed by atoms with Crippen molar-refractivity contribution in [2.24, 2.45) is 34.5 Å². The number of fused-ring (bicyclic) bond motifs is 2. The Morgan fingerprint density at radius 3 is 2.24 bits per heavy atom. The number of piperidine rings is 1. The van der Waals surface area contributed by atoms with Crippen LogP contribution in [0.5, 0.6) is 0 Å². The Bertz CT molecular complexity index is 862. The Balaban J connectivity index is 1.67. The molecular formula is C24H39NO9. The Hall–Kier alpha value is -0.400. The first-order valence-electron chi connectivity index (χ1n) is 12.3. The number of hydrogen-bond acceptors (Lipinski definition) is 10. The summed E-state index contributed by atoms with van der Waals surface area (Å²) in [6.07, 6.45) is -4.96. The van der Waals surface area contributed by atoms with Gasteiger partial charge >= 0.3 is 0 Å². The van der Waals surface area contributed by atoms with Crippen LogP contribution in [0.1, 0.15) is 12.8 Å². The monoisotopic (exact) mass is 485 g/mol. The van der Waals surface area contributed by atoms with Gasteiger partial charge in [-0.2, -0.15) is 0 Å². The zero-order valence-electron chi connectivity index (χ0n) is 20.5. The van der Waals surface area contributed by atoms with Crippen LogP contribution in [0.3, 0.4) is 0 Å². The van der Waals surface area contributed by atoms with Gasteiger partial charge in [0, 0.05) is 76.0 Å². The van der Waals surface area contributed by atoms with E-state index >= 15 is 0 Å². The predicted molar refractivity (Wildman–Crippen MR) is 117 cm³/mol. The van der Waals surface area contributed by atoms with Crippen LogP contribution >= 0.6 is 0 Å². The van der Waals surface area contributed by atoms with E-state index in [9.17, 15) is 25.5 Å². The minimum Gasteiger partial charge on any atom is -0.392 e. The fourth-order valence-corrected chi connectivity index (χ4v) is 10.9. The first-order chi connectivity index (χ1) is 16.1. The van der Waals surface area contributed by atoms with Crippen molar-refractivity contribution < 1.29 is 44.5 Å². The third-order valence-corrected chi connectivity index (χ3v) is 11.4. The fraction of sp³-hybridized carbons (Fsp3) is 1.00. The van der Waals surface area contributed by atoms with E-state index in [1.54, 1.807) is 21.3 Å². The summed E-state index contributed by atoms with van der Waals surface area (Å²) < 4.78 is 23.6. The van der Waals surface area contributed by atoms with Crippen LogP contribution < -0.4 is 0 Å².